The Hall–Kier alpha value is -3.67. The number of nitrogens with zero attached hydrogens (tertiary/aromatic N) is 4. The van der Waals surface area contributed by atoms with E-state index in [4.69, 9.17) is 5.10 Å². The molecule has 0 amide bonds. The molecule has 0 radical (unpaired) electrons. The van der Waals surface area contributed by atoms with Crippen LogP contribution in [0.15, 0.2) is 84.0 Å². The molecular formula is C23H22N4O2. The molecule has 6 nitrogen and oxygen atoms in total. The Morgan fingerprint density at radius 3 is 2.21 bits per heavy atom. The number of nitro groups is 1. The number of hydrogen-bond donors (Lipinski definition) is 0. The molecular weight excluding hydrogens is 364 g/mol. The van der Waals surface area contributed by atoms with Gasteiger partial charge < -0.3 is 4.90 Å². The summed E-state index contributed by atoms with van der Waals surface area (Å²) in [5.41, 5.74) is 5.26. The van der Waals surface area contributed by atoms with E-state index in [1.807, 2.05) is 49.4 Å². The molecule has 3 aromatic rings. The Balaban J connectivity index is 1.69. The standard InChI is InChI=1S/C23H22N4O2/c1-25(2)19-12-10-18(11-13-19)23-16-22(17-8-14-21(15-9-17)27(28)29)24-26(23)20-6-4-3-5-7-20/h3-15,23H,16H2,1-2H3. The number of hydrazone groups is 1. The molecule has 0 aromatic heterocycles. The topological polar surface area (TPSA) is 62.0 Å². The van der Waals surface area contributed by atoms with Gasteiger partial charge in [-0.1, -0.05) is 30.3 Å². The maximum atomic E-state index is 10.9. The van der Waals surface area contributed by atoms with Gasteiger partial charge in [0.05, 0.1) is 22.4 Å². The minimum absolute atomic E-state index is 0.0683. The predicted molar refractivity (Wildman–Crippen MR) is 117 cm³/mol. The molecule has 1 atom stereocenters. The van der Waals surface area contributed by atoms with Crippen LogP contribution in [0.2, 0.25) is 0 Å². The lowest BCUT2D eigenvalue weighted by Gasteiger charge is -2.24. The van der Waals surface area contributed by atoms with Crippen molar-refractivity contribution >= 4 is 22.8 Å². The second-order valence-electron chi connectivity index (χ2n) is 7.24. The predicted octanol–water partition coefficient (Wildman–Crippen LogP) is 5.02. The zero-order valence-electron chi connectivity index (χ0n) is 16.4. The number of hydrogen-bond acceptors (Lipinski definition) is 5. The highest BCUT2D eigenvalue weighted by Crippen LogP contribution is 2.37. The summed E-state index contributed by atoms with van der Waals surface area (Å²) in [6.45, 7) is 0. The first-order valence-electron chi connectivity index (χ1n) is 9.47. The molecule has 0 fully saturated rings. The van der Waals surface area contributed by atoms with Crippen molar-refractivity contribution in [1.29, 1.82) is 0 Å². The molecule has 0 bridgehead atoms. The summed E-state index contributed by atoms with van der Waals surface area (Å²) in [7, 11) is 4.05. The van der Waals surface area contributed by atoms with Gasteiger partial charge in [0.2, 0.25) is 0 Å². The molecule has 0 saturated carbocycles. The van der Waals surface area contributed by atoms with Crippen LogP contribution in [-0.4, -0.2) is 24.7 Å². The van der Waals surface area contributed by atoms with Crippen LogP contribution in [0.4, 0.5) is 17.1 Å². The van der Waals surface area contributed by atoms with E-state index < -0.39 is 0 Å². The van der Waals surface area contributed by atoms with E-state index in [0.29, 0.717) is 0 Å². The number of para-hydroxylation sites is 1. The number of rotatable bonds is 5. The van der Waals surface area contributed by atoms with Crippen LogP contribution in [0.3, 0.4) is 0 Å². The summed E-state index contributed by atoms with van der Waals surface area (Å²) < 4.78 is 0. The van der Waals surface area contributed by atoms with E-state index in [9.17, 15) is 10.1 Å². The van der Waals surface area contributed by atoms with E-state index in [-0.39, 0.29) is 16.7 Å². The maximum absolute atomic E-state index is 10.9. The highest BCUT2D eigenvalue weighted by atomic mass is 16.6. The average molecular weight is 386 g/mol. The van der Waals surface area contributed by atoms with Crippen molar-refractivity contribution in [2.75, 3.05) is 24.0 Å². The van der Waals surface area contributed by atoms with E-state index in [0.717, 1.165) is 29.1 Å². The second-order valence-corrected chi connectivity index (χ2v) is 7.24. The normalized spacial score (nSPS) is 15.9. The third-order valence-electron chi connectivity index (χ3n) is 5.14. The van der Waals surface area contributed by atoms with Crippen molar-refractivity contribution in [1.82, 2.24) is 0 Å². The first kappa shape index (κ1) is 18.7. The summed E-state index contributed by atoms with van der Waals surface area (Å²) >= 11 is 0. The smallest absolute Gasteiger partial charge is 0.269 e. The third-order valence-corrected chi connectivity index (χ3v) is 5.14. The van der Waals surface area contributed by atoms with Gasteiger partial charge in [-0.05, 0) is 47.5 Å². The Bertz CT molecular complexity index is 1030. The van der Waals surface area contributed by atoms with E-state index in [1.165, 1.54) is 17.7 Å². The van der Waals surface area contributed by atoms with Crippen molar-refractivity contribution in [3.63, 3.8) is 0 Å². The van der Waals surface area contributed by atoms with Crippen molar-refractivity contribution in [2.24, 2.45) is 5.10 Å². The highest BCUT2D eigenvalue weighted by Gasteiger charge is 2.30. The SMILES string of the molecule is CN(C)c1ccc(C2CC(c3ccc([N+](=O)[O-])cc3)=NN2c2ccccc2)cc1. The minimum Gasteiger partial charge on any atom is -0.378 e. The molecule has 1 aliphatic heterocycles. The molecule has 0 N–H and O–H groups in total. The van der Waals surface area contributed by atoms with Gasteiger partial charge in [0, 0.05) is 38.3 Å². The summed E-state index contributed by atoms with van der Waals surface area (Å²) in [5, 5.41) is 17.9. The molecule has 1 unspecified atom stereocenters. The molecule has 29 heavy (non-hydrogen) atoms. The molecule has 0 aliphatic carbocycles. The fourth-order valence-electron chi connectivity index (χ4n) is 3.53. The first-order valence-corrected chi connectivity index (χ1v) is 9.47. The third kappa shape index (κ3) is 3.82. The lowest BCUT2D eigenvalue weighted by molar-refractivity contribution is -0.384. The van der Waals surface area contributed by atoms with Gasteiger partial charge in [-0.25, -0.2) is 0 Å². The monoisotopic (exact) mass is 386 g/mol. The number of non-ortho nitro benzene ring substituents is 1. The fourth-order valence-corrected chi connectivity index (χ4v) is 3.53. The Morgan fingerprint density at radius 2 is 1.62 bits per heavy atom. The first-order chi connectivity index (χ1) is 14.0. The van der Waals surface area contributed by atoms with Crippen LogP contribution < -0.4 is 9.91 Å². The van der Waals surface area contributed by atoms with Gasteiger partial charge in [-0.2, -0.15) is 5.10 Å². The van der Waals surface area contributed by atoms with Gasteiger partial charge in [0.1, 0.15) is 0 Å². The Morgan fingerprint density at radius 1 is 0.966 bits per heavy atom. The van der Waals surface area contributed by atoms with E-state index in [2.05, 4.69) is 29.2 Å². The molecule has 4 rings (SSSR count). The van der Waals surface area contributed by atoms with Crippen molar-refractivity contribution in [3.8, 4) is 0 Å². The van der Waals surface area contributed by atoms with Crippen molar-refractivity contribution in [3.05, 3.63) is 100 Å². The quantitative estimate of drug-likeness (QED) is 0.456. The number of benzene rings is 3. The van der Waals surface area contributed by atoms with Gasteiger partial charge in [-0.3, -0.25) is 15.1 Å². The van der Waals surface area contributed by atoms with Crippen LogP contribution in [0, 0.1) is 10.1 Å². The average Bonchev–Trinajstić information content (AvgIpc) is 3.20. The van der Waals surface area contributed by atoms with Crippen molar-refractivity contribution < 1.29 is 4.92 Å². The minimum atomic E-state index is -0.383. The zero-order valence-corrected chi connectivity index (χ0v) is 16.4. The fraction of sp³-hybridized carbons (Fsp3) is 0.174. The molecule has 3 aromatic carbocycles. The second kappa shape index (κ2) is 7.75. The van der Waals surface area contributed by atoms with Crippen LogP contribution in [0.25, 0.3) is 0 Å². The number of anilines is 2. The van der Waals surface area contributed by atoms with Crippen LogP contribution in [-0.2, 0) is 0 Å². The van der Waals surface area contributed by atoms with Crippen LogP contribution in [0.5, 0.6) is 0 Å². The van der Waals surface area contributed by atoms with Crippen LogP contribution in [0.1, 0.15) is 23.6 Å². The van der Waals surface area contributed by atoms with Crippen LogP contribution >= 0.6 is 0 Å². The van der Waals surface area contributed by atoms with Gasteiger partial charge >= 0.3 is 0 Å². The molecule has 0 saturated heterocycles. The maximum Gasteiger partial charge on any atom is 0.269 e. The molecule has 1 aliphatic rings. The van der Waals surface area contributed by atoms with Gasteiger partial charge in [0.15, 0.2) is 0 Å². The highest BCUT2D eigenvalue weighted by molar-refractivity contribution is 6.03. The summed E-state index contributed by atoms with van der Waals surface area (Å²) in [6.07, 6.45) is 0.730. The molecule has 6 heteroatoms. The largest absolute Gasteiger partial charge is 0.378 e. The molecule has 146 valence electrons. The van der Waals surface area contributed by atoms with E-state index in [1.54, 1.807) is 12.1 Å². The van der Waals surface area contributed by atoms with Crippen molar-refractivity contribution in [2.45, 2.75) is 12.5 Å². The van der Waals surface area contributed by atoms with Gasteiger partial charge in [-0.15, -0.1) is 0 Å². The summed E-state index contributed by atoms with van der Waals surface area (Å²) in [6, 6.07) is 25.3. The molecule has 0 spiro atoms. The Labute approximate surface area is 169 Å². The van der Waals surface area contributed by atoms with Gasteiger partial charge in [0.25, 0.3) is 5.69 Å². The lowest BCUT2D eigenvalue weighted by atomic mass is 9.97. The number of nitro benzene ring substituents is 1. The molecule has 1 heterocycles. The zero-order chi connectivity index (χ0) is 20.4. The Kier molecular flexibility index (Phi) is 4.99. The lowest BCUT2D eigenvalue weighted by Crippen LogP contribution is -2.18. The van der Waals surface area contributed by atoms with E-state index >= 15 is 0 Å². The summed E-state index contributed by atoms with van der Waals surface area (Å²) in [4.78, 5) is 12.6. The summed E-state index contributed by atoms with van der Waals surface area (Å²) in [5.74, 6) is 0.